The molecular weight excluding hydrogens is 326 g/mol. The maximum absolute atomic E-state index is 12.0. The molecule has 1 amide bonds. The first-order valence-electron chi connectivity index (χ1n) is 6.79. The molecule has 0 heterocycles. The molecule has 0 aliphatic rings. The molecule has 0 aliphatic carbocycles. The number of nitrogens with one attached hydrogen (secondary N) is 1. The molecule has 2 unspecified atom stereocenters. The number of halogens is 1. The molecule has 126 valence electrons. The van der Waals surface area contributed by atoms with Gasteiger partial charge in [-0.2, -0.15) is 0 Å². The largest absolute Gasteiger partial charge is 0.325 e. The van der Waals surface area contributed by atoms with Crippen LogP contribution in [-0.4, -0.2) is 38.8 Å². The highest BCUT2D eigenvalue weighted by Gasteiger charge is 2.21. The fraction of sp³-hybridized carbons (Fsp3) is 0.500. The molecule has 0 fully saturated rings. The Hall–Kier alpha value is -1.15. The quantitative estimate of drug-likeness (QED) is 0.817. The Morgan fingerprint density at radius 3 is 2.45 bits per heavy atom. The van der Waals surface area contributed by atoms with Crippen LogP contribution in [0.15, 0.2) is 29.2 Å². The number of rotatable bonds is 6. The lowest BCUT2D eigenvalue weighted by Gasteiger charge is -2.18. The van der Waals surface area contributed by atoms with E-state index in [2.05, 4.69) is 5.32 Å². The smallest absolute Gasteiger partial charge is 0.242 e. The van der Waals surface area contributed by atoms with Crippen LogP contribution in [0.4, 0.5) is 5.69 Å². The van der Waals surface area contributed by atoms with Gasteiger partial charge in [0.05, 0.1) is 10.9 Å². The van der Waals surface area contributed by atoms with Crippen LogP contribution in [-0.2, 0) is 14.8 Å². The normalized spacial score (nSPS) is 14.1. The number of carbonyl (C=O) groups excluding carboxylic acids is 1. The van der Waals surface area contributed by atoms with E-state index in [0.29, 0.717) is 5.69 Å². The Bertz CT molecular complexity index is 605. The minimum Gasteiger partial charge on any atom is -0.325 e. The lowest BCUT2D eigenvalue weighted by molar-refractivity contribution is -0.118. The summed E-state index contributed by atoms with van der Waals surface area (Å²) in [7, 11) is -0.610. The average Bonchev–Trinajstić information content (AvgIpc) is 2.45. The van der Waals surface area contributed by atoms with Crippen LogP contribution < -0.4 is 11.1 Å². The van der Waals surface area contributed by atoms with E-state index in [9.17, 15) is 13.2 Å². The minimum atomic E-state index is -3.53. The fourth-order valence-corrected chi connectivity index (χ4v) is 2.63. The molecule has 1 aromatic rings. The first kappa shape index (κ1) is 20.9. The highest BCUT2D eigenvalue weighted by Crippen LogP contribution is 2.18. The van der Waals surface area contributed by atoms with Crippen LogP contribution in [0.1, 0.15) is 20.3 Å². The molecule has 0 aliphatic heterocycles. The van der Waals surface area contributed by atoms with Gasteiger partial charge in [-0.25, -0.2) is 12.7 Å². The topological polar surface area (TPSA) is 92.5 Å². The van der Waals surface area contributed by atoms with Crippen molar-refractivity contribution in [3.63, 3.8) is 0 Å². The van der Waals surface area contributed by atoms with E-state index in [1.807, 2.05) is 13.8 Å². The first-order valence-corrected chi connectivity index (χ1v) is 8.23. The number of anilines is 1. The maximum Gasteiger partial charge on any atom is 0.242 e. The maximum atomic E-state index is 12.0. The Morgan fingerprint density at radius 2 is 1.95 bits per heavy atom. The van der Waals surface area contributed by atoms with E-state index in [0.717, 1.165) is 10.7 Å². The van der Waals surface area contributed by atoms with Gasteiger partial charge in [0.2, 0.25) is 15.9 Å². The zero-order valence-electron chi connectivity index (χ0n) is 13.2. The predicted molar refractivity (Wildman–Crippen MR) is 90.6 cm³/mol. The van der Waals surface area contributed by atoms with Crippen molar-refractivity contribution in [2.24, 2.45) is 11.7 Å². The van der Waals surface area contributed by atoms with Gasteiger partial charge in [0, 0.05) is 19.8 Å². The van der Waals surface area contributed by atoms with Crippen molar-refractivity contribution >= 4 is 34.0 Å². The van der Waals surface area contributed by atoms with Gasteiger partial charge in [-0.15, -0.1) is 12.4 Å². The van der Waals surface area contributed by atoms with Crippen molar-refractivity contribution in [2.75, 3.05) is 19.4 Å². The van der Waals surface area contributed by atoms with Crippen LogP contribution in [0.25, 0.3) is 0 Å². The van der Waals surface area contributed by atoms with Gasteiger partial charge >= 0.3 is 0 Å². The highest BCUT2D eigenvalue weighted by atomic mass is 35.5. The lowest BCUT2D eigenvalue weighted by Crippen LogP contribution is -2.40. The Balaban J connectivity index is 0.00000441. The summed E-state index contributed by atoms with van der Waals surface area (Å²) < 4.78 is 25.2. The SMILES string of the molecule is CCC(C)C(N)C(=O)Nc1cccc(S(=O)(=O)N(C)C)c1.Cl. The molecule has 8 heteroatoms. The van der Waals surface area contributed by atoms with Crippen LogP contribution in [0, 0.1) is 5.92 Å². The van der Waals surface area contributed by atoms with Gasteiger partial charge in [-0.3, -0.25) is 4.79 Å². The van der Waals surface area contributed by atoms with E-state index >= 15 is 0 Å². The summed E-state index contributed by atoms with van der Waals surface area (Å²) in [5.74, 6) is -0.262. The zero-order chi connectivity index (χ0) is 16.2. The Morgan fingerprint density at radius 1 is 1.36 bits per heavy atom. The second kappa shape index (κ2) is 8.47. The monoisotopic (exact) mass is 349 g/mol. The second-order valence-electron chi connectivity index (χ2n) is 5.22. The third-order valence-electron chi connectivity index (χ3n) is 3.44. The summed E-state index contributed by atoms with van der Waals surface area (Å²) in [4.78, 5) is 12.1. The van der Waals surface area contributed by atoms with Crippen molar-refractivity contribution in [3.8, 4) is 0 Å². The molecule has 6 nitrogen and oxygen atoms in total. The third kappa shape index (κ3) is 4.95. The van der Waals surface area contributed by atoms with E-state index in [-0.39, 0.29) is 29.1 Å². The van der Waals surface area contributed by atoms with E-state index in [1.54, 1.807) is 12.1 Å². The number of nitrogens with zero attached hydrogens (tertiary/aromatic N) is 1. The van der Waals surface area contributed by atoms with Crippen LogP contribution in [0.2, 0.25) is 0 Å². The standard InChI is InChI=1S/C14H23N3O3S.ClH/c1-5-10(2)13(15)14(18)16-11-7-6-8-12(9-11)21(19,20)17(3)4;/h6-10,13H,5,15H2,1-4H3,(H,16,18);1H. The molecular formula is C14H24ClN3O3S. The Kier molecular flexibility index (Phi) is 8.03. The molecule has 22 heavy (non-hydrogen) atoms. The van der Waals surface area contributed by atoms with Crippen molar-refractivity contribution < 1.29 is 13.2 Å². The Labute approximate surface area is 138 Å². The van der Waals surface area contributed by atoms with E-state index in [4.69, 9.17) is 5.73 Å². The summed E-state index contributed by atoms with van der Waals surface area (Å²) >= 11 is 0. The lowest BCUT2D eigenvalue weighted by atomic mass is 9.99. The molecule has 1 rings (SSSR count). The number of hydrogen-bond donors (Lipinski definition) is 2. The molecule has 0 saturated heterocycles. The molecule has 0 radical (unpaired) electrons. The van der Waals surface area contributed by atoms with Crippen LogP contribution in [0.3, 0.4) is 0 Å². The third-order valence-corrected chi connectivity index (χ3v) is 5.25. The molecule has 1 aromatic carbocycles. The summed E-state index contributed by atoms with van der Waals surface area (Å²) in [6.07, 6.45) is 0.795. The fourth-order valence-electron chi connectivity index (χ4n) is 1.68. The second-order valence-corrected chi connectivity index (χ2v) is 7.37. The van der Waals surface area contributed by atoms with E-state index in [1.165, 1.54) is 26.2 Å². The van der Waals surface area contributed by atoms with Crippen LogP contribution >= 0.6 is 12.4 Å². The summed E-state index contributed by atoms with van der Waals surface area (Å²) in [6, 6.07) is 5.51. The van der Waals surface area contributed by atoms with Crippen molar-refractivity contribution in [2.45, 2.75) is 31.2 Å². The van der Waals surface area contributed by atoms with Crippen molar-refractivity contribution in [1.82, 2.24) is 4.31 Å². The minimum absolute atomic E-state index is 0. The molecule has 3 N–H and O–H groups in total. The van der Waals surface area contributed by atoms with Crippen molar-refractivity contribution in [1.29, 1.82) is 0 Å². The molecule has 0 spiro atoms. The predicted octanol–water partition coefficient (Wildman–Crippen LogP) is 1.67. The first-order chi connectivity index (χ1) is 9.70. The number of carbonyl (C=O) groups is 1. The van der Waals surface area contributed by atoms with Gasteiger partial charge in [0.25, 0.3) is 0 Å². The zero-order valence-corrected chi connectivity index (χ0v) is 14.9. The van der Waals surface area contributed by atoms with Crippen LogP contribution in [0.5, 0.6) is 0 Å². The van der Waals surface area contributed by atoms with Gasteiger partial charge in [0.15, 0.2) is 0 Å². The van der Waals surface area contributed by atoms with E-state index < -0.39 is 16.1 Å². The number of hydrogen-bond acceptors (Lipinski definition) is 4. The number of sulfonamides is 1. The number of nitrogens with two attached hydrogens (primary N) is 1. The van der Waals surface area contributed by atoms with Gasteiger partial charge in [0.1, 0.15) is 0 Å². The summed E-state index contributed by atoms with van der Waals surface area (Å²) in [5.41, 5.74) is 6.27. The number of benzene rings is 1. The molecule has 0 saturated carbocycles. The van der Waals surface area contributed by atoms with Crippen molar-refractivity contribution in [3.05, 3.63) is 24.3 Å². The molecule has 0 bridgehead atoms. The molecule has 2 atom stereocenters. The number of amides is 1. The average molecular weight is 350 g/mol. The molecule has 0 aromatic heterocycles. The summed E-state index contributed by atoms with van der Waals surface area (Å²) in [5, 5.41) is 2.66. The van der Waals surface area contributed by atoms with Gasteiger partial charge < -0.3 is 11.1 Å². The van der Waals surface area contributed by atoms with Gasteiger partial charge in [-0.05, 0) is 24.1 Å². The van der Waals surface area contributed by atoms with Gasteiger partial charge in [-0.1, -0.05) is 26.3 Å². The highest BCUT2D eigenvalue weighted by molar-refractivity contribution is 7.89. The summed E-state index contributed by atoms with van der Waals surface area (Å²) in [6.45, 7) is 3.86.